The Balaban J connectivity index is 1.56. The summed E-state index contributed by atoms with van der Waals surface area (Å²) in [6, 6.07) is 13.9. The minimum Gasteiger partial charge on any atom is -0.461 e. The van der Waals surface area contributed by atoms with E-state index in [4.69, 9.17) is 4.42 Å². The highest BCUT2D eigenvalue weighted by Crippen LogP contribution is 2.28. The number of benzene rings is 1. The lowest BCUT2D eigenvalue weighted by Crippen LogP contribution is -2.05. The van der Waals surface area contributed by atoms with Crippen LogP contribution in [0.15, 0.2) is 63.7 Å². The molecule has 1 N–H and O–H groups in total. The third kappa shape index (κ3) is 4.32. The SMILES string of the molecule is CC(=O)Nc1nc(CSc2nnc(-c3ccco3)n2Cc2ccccc2)cs1. The maximum Gasteiger partial charge on any atom is 0.223 e. The second kappa shape index (κ2) is 8.41. The zero-order valence-corrected chi connectivity index (χ0v) is 16.7. The molecule has 0 saturated heterocycles. The van der Waals surface area contributed by atoms with Crippen LogP contribution in [0.25, 0.3) is 11.6 Å². The predicted molar refractivity (Wildman–Crippen MR) is 109 cm³/mol. The summed E-state index contributed by atoms with van der Waals surface area (Å²) in [6.07, 6.45) is 1.63. The van der Waals surface area contributed by atoms with E-state index >= 15 is 0 Å². The summed E-state index contributed by atoms with van der Waals surface area (Å²) in [4.78, 5) is 15.6. The molecule has 0 radical (unpaired) electrons. The van der Waals surface area contributed by atoms with Gasteiger partial charge in [-0.1, -0.05) is 42.1 Å². The van der Waals surface area contributed by atoms with Gasteiger partial charge in [0.25, 0.3) is 0 Å². The van der Waals surface area contributed by atoms with E-state index in [1.807, 2.05) is 40.3 Å². The van der Waals surface area contributed by atoms with Gasteiger partial charge in [0.2, 0.25) is 11.7 Å². The van der Waals surface area contributed by atoms with Crippen molar-refractivity contribution in [2.45, 2.75) is 24.4 Å². The lowest BCUT2D eigenvalue weighted by Gasteiger charge is -2.09. The van der Waals surface area contributed by atoms with Crippen molar-refractivity contribution in [1.82, 2.24) is 19.7 Å². The summed E-state index contributed by atoms with van der Waals surface area (Å²) in [5.74, 6) is 1.87. The van der Waals surface area contributed by atoms with Gasteiger partial charge in [0.1, 0.15) is 0 Å². The Morgan fingerprint density at radius 3 is 2.82 bits per heavy atom. The first kappa shape index (κ1) is 18.5. The summed E-state index contributed by atoms with van der Waals surface area (Å²) in [7, 11) is 0. The van der Waals surface area contributed by atoms with E-state index < -0.39 is 0 Å². The molecule has 7 nitrogen and oxygen atoms in total. The van der Waals surface area contributed by atoms with Crippen molar-refractivity contribution in [1.29, 1.82) is 0 Å². The number of furan rings is 1. The van der Waals surface area contributed by atoms with Crippen LogP contribution < -0.4 is 5.32 Å². The number of carbonyl (C=O) groups excluding carboxylic acids is 1. The van der Waals surface area contributed by atoms with Crippen molar-refractivity contribution in [3.63, 3.8) is 0 Å². The average Bonchev–Trinajstić information content (AvgIpc) is 3.42. The molecule has 0 aliphatic rings. The smallest absolute Gasteiger partial charge is 0.223 e. The van der Waals surface area contributed by atoms with Crippen molar-refractivity contribution in [2.75, 3.05) is 5.32 Å². The number of nitrogens with one attached hydrogen (secondary N) is 1. The van der Waals surface area contributed by atoms with Crippen molar-refractivity contribution in [3.05, 3.63) is 65.4 Å². The fourth-order valence-corrected chi connectivity index (χ4v) is 4.30. The normalized spacial score (nSPS) is 10.9. The van der Waals surface area contributed by atoms with E-state index in [0.717, 1.165) is 16.4 Å². The molecule has 0 bridgehead atoms. The standard InChI is InChI=1S/C19H17N5O2S2/c1-13(25)20-18-21-15(11-27-18)12-28-19-23-22-17(16-8-5-9-26-16)24(19)10-14-6-3-2-4-7-14/h2-9,11H,10,12H2,1H3,(H,20,21,25). The summed E-state index contributed by atoms with van der Waals surface area (Å²) >= 11 is 2.96. The van der Waals surface area contributed by atoms with Gasteiger partial charge in [0, 0.05) is 18.1 Å². The summed E-state index contributed by atoms with van der Waals surface area (Å²) in [5, 5.41) is 14.7. The second-order valence-electron chi connectivity index (χ2n) is 5.97. The van der Waals surface area contributed by atoms with E-state index in [0.29, 0.717) is 29.0 Å². The van der Waals surface area contributed by atoms with E-state index in [-0.39, 0.29) is 5.91 Å². The zero-order chi connectivity index (χ0) is 19.3. The minimum absolute atomic E-state index is 0.126. The van der Waals surface area contributed by atoms with Gasteiger partial charge in [-0.2, -0.15) is 0 Å². The van der Waals surface area contributed by atoms with Crippen LogP contribution in [0.4, 0.5) is 5.13 Å². The molecule has 3 aromatic heterocycles. The van der Waals surface area contributed by atoms with Crippen molar-refractivity contribution in [2.24, 2.45) is 0 Å². The zero-order valence-electron chi connectivity index (χ0n) is 15.0. The van der Waals surface area contributed by atoms with Crippen LogP contribution in [0.5, 0.6) is 0 Å². The van der Waals surface area contributed by atoms with Gasteiger partial charge in [-0.05, 0) is 17.7 Å². The molecule has 0 saturated carbocycles. The number of amides is 1. The molecule has 1 aromatic carbocycles. The monoisotopic (exact) mass is 411 g/mol. The van der Waals surface area contributed by atoms with E-state index in [2.05, 4.69) is 32.6 Å². The number of hydrogen-bond acceptors (Lipinski definition) is 7. The van der Waals surface area contributed by atoms with Gasteiger partial charge in [-0.15, -0.1) is 21.5 Å². The van der Waals surface area contributed by atoms with Crippen molar-refractivity contribution >= 4 is 34.1 Å². The molecule has 28 heavy (non-hydrogen) atoms. The predicted octanol–water partition coefficient (Wildman–Crippen LogP) is 4.29. The van der Waals surface area contributed by atoms with Gasteiger partial charge in [0.05, 0.1) is 18.5 Å². The van der Waals surface area contributed by atoms with Crippen molar-refractivity contribution < 1.29 is 9.21 Å². The van der Waals surface area contributed by atoms with Crippen LogP contribution in [0.1, 0.15) is 18.2 Å². The van der Waals surface area contributed by atoms with E-state index in [1.54, 1.807) is 18.0 Å². The number of anilines is 1. The third-order valence-electron chi connectivity index (χ3n) is 3.83. The second-order valence-corrected chi connectivity index (χ2v) is 7.77. The molecule has 3 heterocycles. The molecule has 9 heteroatoms. The fraction of sp³-hybridized carbons (Fsp3) is 0.158. The lowest BCUT2D eigenvalue weighted by molar-refractivity contribution is -0.114. The maximum atomic E-state index is 11.2. The number of thioether (sulfide) groups is 1. The lowest BCUT2D eigenvalue weighted by atomic mass is 10.2. The Kier molecular flexibility index (Phi) is 5.54. The van der Waals surface area contributed by atoms with Gasteiger partial charge in [-0.25, -0.2) is 4.98 Å². The van der Waals surface area contributed by atoms with Crippen LogP contribution in [0, 0.1) is 0 Å². The number of aromatic nitrogens is 4. The van der Waals surface area contributed by atoms with Crippen LogP contribution in [-0.4, -0.2) is 25.7 Å². The van der Waals surface area contributed by atoms with Crippen LogP contribution >= 0.6 is 23.1 Å². The van der Waals surface area contributed by atoms with E-state index in [9.17, 15) is 4.79 Å². The Morgan fingerprint density at radius 2 is 2.07 bits per heavy atom. The molecular formula is C19H17N5O2S2. The Bertz CT molecular complexity index is 1060. The first-order valence-corrected chi connectivity index (χ1v) is 10.4. The number of carbonyl (C=O) groups is 1. The maximum absolute atomic E-state index is 11.2. The van der Waals surface area contributed by atoms with Gasteiger partial charge in [-0.3, -0.25) is 9.36 Å². The van der Waals surface area contributed by atoms with Crippen LogP contribution in [-0.2, 0) is 17.1 Å². The van der Waals surface area contributed by atoms with Gasteiger partial charge in [0.15, 0.2) is 16.0 Å². The van der Waals surface area contributed by atoms with Crippen LogP contribution in [0.3, 0.4) is 0 Å². The van der Waals surface area contributed by atoms with Gasteiger partial charge < -0.3 is 9.73 Å². The quantitative estimate of drug-likeness (QED) is 0.457. The first-order valence-electron chi connectivity index (χ1n) is 8.55. The Morgan fingerprint density at radius 1 is 1.21 bits per heavy atom. The average molecular weight is 412 g/mol. The molecule has 1 amide bonds. The van der Waals surface area contributed by atoms with Gasteiger partial charge >= 0.3 is 0 Å². The number of hydrogen-bond donors (Lipinski definition) is 1. The number of nitrogens with zero attached hydrogens (tertiary/aromatic N) is 4. The molecule has 0 unspecified atom stereocenters. The highest BCUT2D eigenvalue weighted by atomic mass is 32.2. The number of rotatable bonds is 7. The summed E-state index contributed by atoms with van der Waals surface area (Å²) in [5.41, 5.74) is 2.03. The molecule has 0 aliphatic carbocycles. The summed E-state index contributed by atoms with van der Waals surface area (Å²) < 4.78 is 7.57. The Hall–Kier alpha value is -2.91. The molecule has 0 fully saturated rings. The van der Waals surface area contributed by atoms with Crippen LogP contribution in [0.2, 0.25) is 0 Å². The summed E-state index contributed by atoms with van der Waals surface area (Å²) in [6.45, 7) is 2.11. The topological polar surface area (TPSA) is 85.8 Å². The molecule has 0 spiro atoms. The first-order chi connectivity index (χ1) is 13.7. The molecule has 4 aromatic rings. The molecule has 142 valence electrons. The molecular weight excluding hydrogens is 394 g/mol. The van der Waals surface area contributed by atoms with Crippen molar-refractivity contribution in [3.8, 4) is 11.6 Å². The fourth-order valence-electron chi connectivity index (χ4n) is 2.61. The molecule has 0 aliphatic heterocycles. The largest absolute Gasteiger partial charge is 0.461 e. The van der Waals surface area contributed by atoms with E-state index in [1.165, 1.54) is 18.3 Å². The number of thiazole rings is 1. The molecule has 4 rings (SSSR count). The third-order valence-corrected chi connectivity index (χ3v) is 5.63. The Labute approximate surface area is 169 Å². The highest BCUT2D eigenvalue weighted by molar-refractivity contribution is 7.98. The molecule has 0 atom stereocenters. The highest BCUT2D eigenvalue weighted by Gasteiger charge is 2.17. The minimum atomic E-state index is -0.126.